The minimum Gasteiger partial charge on any atom is -0.403 e. The van der Waals surface area contributed by atoms with Gasteiger partial charge in [-0.2, -0.15) is 0 Å². The third kappa shape index (κ3) is 2.65. The maximum Gasteiger partial charge on any atom is 0.468 e. The van der Waals surface area contributed by atoms with Crippen LogP contribution in [0.15, 0.2) is 22.7 Å². The standard InChI is InChI=1S/C15H22BBrO3/c1-14(2)15(3,4)20-16(19-14)11-6-5-7-12(17)13(11)18-10-8-9-10/h5-7,10-11,13H,8-9H2,1-4H3. The van der Waals surface area contributed by atoms with Crippen molar-refractivity contribution < 1.29 is 14.0 Å². The quantitative estimate of drug-likeness (QED) is 0.730. The van der Waals surface area contributed by atoms with E-state index in [0.29, 0.717) is 6.10 Å². The van der Waals surface area contributed by atoms with E-state index in [0.717, 1.165) is 17.3 Å². The number of hydrogen-bond donors (Lipinski definition) is 0. The molecule has 3 aliphatic rings. The van der Waals surface area contributed by atoms with Gasteiger partial charge in [0.15, 0.2) is 0 Å². The second kappa shape index (κ2) is 4.97. The van der Waals surface area contributed by atoms with Gasteiger partial charge in [0.25, 0.3) is 0 Å². The maximum atomic E-state index is 6.18. The van der Waals surface area contributed by atoms with E-state index in [2.05, 4.69) is 55.8 Å². The summed E-state index contributed by atoms with van der Waals surface area (Å²) in [6.07, 6.45) is 8.97. The second-order valence-corrected chi connectivity index (χ2v) is 7.81. The Hall–Kier alpha value is -0.0951. The summed E-state index contributed by atoms with van der Waals surface area (Å²) in [6.45, 7) is 8.34. The van der Waals surface area contributed by atoms with Crippen LogP contribution in [0.4, 0.5) is 0 Å². The lowest BCUT2D eigenvalue weighted by molar-refractivity contribution is 0.00578. The van der Waals surface area contributed by atoms with Gasteiger partial charge in [0.05, 0.1) is 23.4 Å². The maximum absolute atomic E-state index is 6.18. The van der Waals surface area contributed by atoms with Gasteiger partial charge >= 0.3 is 7.12 Å². The highest BCUT2D eigenvalue weighted by Crippen LogP contribution is 2.45. The average Bonchev–Trinajstić information content (AvgIpc) is 3.10. The fourth-order valence-corrected chi connectivity index (χ4v) is 3.07. The van der Waals surface area contributed by atoms with E-state index < -0.39 is 0 Å². The van der Waals surface area contributed by atoms with Crippen molar-refractivity contribution in [2.75, 3.05) is 0 Å². The van der Waals surface area contributed by atoms with Crippen LogP contribution in [0.1, 0.15) is 40.5 Å². The molecular weight excluding hydrogens is 319 g/mol. The monoisotopic (exact) mass is 340 g/mol. The first kappa shape index (κ1) is 14.8. The van der Waals surface area contributed by atoms with Crippen molar-refractivity contribution in [3.8, 4) is 0 Å². The Balaban J connectivity index is 1.78. The average molecular weight is 341 g/mol. The van der Waals surface area contributed by atoms with Crippen LogP contribution in [-0.2, 0) is 14.0 Å². The fraction of sp³-hybridized carbons (Fsp3) is 0.733. The molecule has 2 unspecified atom stereocenters. The minimum absolute atomic E-state index is 0.00204. The number of hydrogen-bond acceptors (Lipinski definition) is 3. The summed E-state index contributed by atoms with van der Waals surface area (Å²) in [6, 6.07) is 0. The van der Waals surface area contributed by atoms with E-state index in [1.54, 1.807) is 0 Å². The first-order valence-corrected chi connectivity index (χ1v) is 8.14. The Morgan fingerprint density at radius 1 is 1.20 bits per heavy atom. The van der Waals surface area contributed by atoms with Gasteiger partial charge in [-0.3, -0.25) is 0 Å². The molecule has 2 atom stereocenters. The predicted octanol–water partition coefficient (Wildman–Crippen LogP) is 3.85. The number of rotatable bonds is 3. The first-order valence-electron chi connectivity index (χ1n) is 7.35. The van der Waals surface area contributed by atoms with Crippen molar-refractivity contribution >= 4 is 23.0 Å². The van der Waals surface area contributed by atoms with Crippen LogP contribution in [0.3, 0.4) is 0 Å². The van der Waals surface area contributed by atoms with Crippen LogP contribution in [0.2, 0.25) is 5.82 Å². The van der Waals surface area contributed by atoms with Crippen molar-refractivity contribution in [1.82, 2.24) is 0 Å². The van der Waals surface area contributed by atoms with Crippen molar-refractivity contribution in [3.63, 3.8) is 0 Å². The smallest absolute Gasteiger partial charge is 0.403 e. The summed E-state index contributed by atoms with van der Waals surface area (Å²) in [5.74, 6) is 0.0935. The molecule has 0 aromatic heterocycles. The van der Waals surface area contributed by atoms with Crippen LogP contribution in [0, 0.1) is 0 Å². The molecule has 1 aliphatic heterocycles. The molecular formula is C15H22BBrO3. The molecule has 3 rings (SSSR count). The van der Waals surface area contributed by atoms with Crippen molar-refractivity contribution in [3.05, 3.63) is 22.7 Å². The molecule has 0 bridgehead atoms. The van der Waals surface area contributed by atoms with E-state index in [-0.39, 0.29) is 30.2 Å². The van der Waals surface area contributed by atoms with Crippen molar-refractivity contribution in [1.29, 1.82) is 0 Å². The summed E-state index contributed by atoms with van der Waals surface area (Å²) in [5, 5.41) is 0. The highest BCUT2D eigenvalue weighted by molar-refractivity contribution is 9.11. The van der Waals surface area contributed by atoms with Gasteiger partial charge in [0, 0.05) is 10.3 Å². The number of ether oxygens (including phenoxy) is 1. The molecule has 2 fully saturated rings. The molecule has 2 aliphatic carbocycles. The van der Waals surface area contributed by atoms with Crippen LogP contribution in [0.25, 0.3) is 0 Å². The number of allylic oxidation sites excluding steroid dienone is 2. The SMILES string of the molecule is CC1(C)OB(C2C=CC=C(Br)C2OC2CC2)OC1(C)C. The second-order valence-electron chi connectivity index (χ2n) is 6.89. The van der Waals surface area contributed by atoms with Crippen LogP contribution < -0.4 is 0 Å². The Bertz CT molecular complexity index is 438. The Morgan fingerprint density at radius 2 is 1.80 bits per heavy atom. The third-order valence-electron chi connectivity index (χ3n) is 4.66. The molecule has 1 saturated carbocycles. The van der Waals surface area contributed by atoms with E-state index in [9.17, 15) is 0 Å². The van der Waals surface area contributed by atoms with Gasteiger partial charge in [0.1, 0.15) is 0 Å². The van der Waals surface area contributed by atoms with Gasteiger partial charge in [-0.1, -0.05) is 28.1 Å². The minimum atomic E-state index is -0.302. The van der Waals surface area contributed by atoms with Gasteiger partial charge in [-0.15, -0.1) is 0 Å². The van der Waals surface area contributed by atoms with E-state index in [1.807, 2.05) is 6.08 Å². The summed E-state index contributed by atoms with van der Waals surface area (Å²) in [7, 11) is -0.263. The molecule has 0 N–H and O–H groups in total. The Labute approximate surface area is 130 Å². The first-order chi connectivity index (χ1) is 9.30. The normalized spacial score (nSPS) is 35.2. The zero-order valence-corrected chi connectivity index (χ0v) is 14.1. The Morgan fingerprint density at radius 3 is 2.35 bits per heavy atom. The number of halogens is 1. The van der Waals surface area contributed by atoms with Crippen molar-refractivity contribution in [2.45, 2.75) is 69.8 Å². The molecule has 5 heteroatoms. The molecule has 1 heterocycles. The van der Waals surface area contributed by atoms with Gasteiger partial charge in [-0.05, 0) is 46.6 Å². The van der Waals surface area contributed by atoms with Crippen molar-refractivity contribution in [2.24, 2.45) is 0 Å². The summed E-state index contributed by atoms with van der Waals surface area (Å²) >= 11 is 3.63. The molecule has 0 radical (unpaired) electrons. The van der Waals surface area contributed by atoms with Crippen LogP contribution in [-0.4, -0.2) is 30.5 Å². The lowest BCUT2D eigenvalue weighted by Crippen LogP contribution is -2.41. The van der Waals surface area contributed by atoms with Crippen LogP contribution >= 0.6 is 15.9 Å². The summed E-state index contributed by atoms with van der Waals surface area (Å²) < 4.78 is 19.6. The summed E-state index contributed by atoms with van der Waals surface area (Å²) in [5.41, 5.74) is -0.605. The third-order valence-corrected chi connectivity index (χ3v) is 5.37. The molecule has 20 heavy (non-hydrogen) atoms. The molecule has 0 aromatic rings. The molecule has 0 aromatic carbocycles. The van der Waals surface area contributed by atoms with Crippen LogP contribution in [0.5, 0.6) is 0 Å². The molecule has 110 valence electrons. The van der Waals surface area contributed by atoms with E-state index >= 15 is 0 Å². The topological polar surface area (TPSA) is 27.7 Å². The Kier molecular flexibility index (Phi) is 3.69. The van der Waals surface area contributed by atoms with Gasteiger partial charge in [-0.25, -0.2) is 0 Å². The van der Waals surface area contributed by atoms with Gasteiger partial charge < -0.3 is 14.0 Å². The molecule has 1 saturated heterocycles. The summed E-state index contributed by atoms with van der Waals surface area (Å²) in [4.78, 5) is 0. The molecule has 0 amide bonds. The highest BCUT2D eigenvalue weighted by Gasteiger charge is 2.55. The molecule has 3 nitrogen and oxygen atoms in total. The predicted molar refractivity (Wildman–Crippen MR) is 83.9 cm³/mol. The lowest BCUT2D eigenvalue weighted by Gasteiger charge is -2.32. The zero-order chi connectivity index (χ0) is 14.5. The zero-order valence-electron chi connectivity index (χ0n) is 12.6. The molecule has 0 spiro atoms. The van der Waals surface area contributed by atoms with E-state index in [1.165, 1.54) is 0 Å². The lowest BCUT2D eigenvalue weighted by atomic mass is 9.67. The largest absolute Gasteiger partial charge is 0.468 e. The van der Waals surface area contributed by atoms with E-state index in [4.69, 9.17) is 14.0 Å². The van der Waals surface area contributed by atoms with Gasteiger partial charge in [0.2, 0.25) is 0 Å². The highest BCUT2D eigenvalue weighted by atomic mass is 79.9. The fourth-order valence-electron chi connectivity index (χ4n) is 2.50.